The van der Waals surface area contributed by atoms with Gasteiger partial charge in [-0.05, 0) is 35.9 Å². The molecule has 0 aliphatic carbocycles. The molecule has 2 aromatic carbocycles. The second-order valence-electron chi connectivity index (χ2n) is 4.22. The van der Waals surface area contributed by atoms with Crippen molar-refractivity contribution in [1.82, 2.24) is 5.32 Å². The summed E-state index contributed by atoms with van der Waals surface area (Å²) in [5.74, 6) is 0.334. The number of urea groups is 1. The fraction of sp³-hybridized carbons (Fsp3) is 0.0625. The number of hydrogen-bond acceptors (Lipinski definition) is 2. The molecule has 0 bridgehead atoms. The van der Waals surface area contributed by atoms with Gasteiger partial charge in [-0.2, -0.15) is 0 Å². The Morgan fingerprint density at radius 2 is 2.00 bits per heavy atom. The number of rotatable bonds is 4. The van der Waals surface area contributed by atoms with Gasteiger partial charge in [-0.1, -0.05) is 18.2 Å². The first-order valence-corrected chi connectivity index (χ1v) is 6.31. The molecule has 0 spiro atoms. The van der Waals surface area contributed by atoms with Crippen LogP contribution in [0.15, 0.2) is 54.7 Å². The van der Waals surface area contributed by atoms with Crippen LogP contribution in [0.1, 0.15) is 5.56 Å². The zero-order valence-corrected chi connectivity index (χ0v) is 11.5. The Morgan fingerprint density at radius 1 is 1.19 bits per heavy atom. The number of amides is 2. The molecule has 0 aliphatic rings. The molecule has 108 valence electrons. The van der Waals surface area contributed by atoms with Gasteiger partial charge in [0.25, 0.3) is 0 Å². The first-order valence-electron chi connectivity index (χ1n) is 6.31. The van der Waals surface area contributed by atoms with Crippen LogP contribution in [0.3, 0.4) is 0 Å². The number of carbonyl (C=O) groups is 1. The van der Waals surface area contributed by atoms with E-state index < -0.39 is 6.03 Å². The summed E-state index contributed by atoms with van der Waals surface area (Å²) >= 11 is 0. The summed E-state index contributed by atoms with van der Waals surface area (Å²) in [6.45, 7) is 0. The molecule has 0 radical (unpaired) electrons. The second kappa shape index (κ2) is 7.09. The van der Waals surface area contributed by atoms with Gasteiger partial charge in [0.15, 0.2) is 0 Å². The van der Waals surface area contributed by atoms with Crippen molar-refractivity contribution < 1.29 is 13.9 Å². The first-order chi connectivity index (χ1) is 10.2. The summed E-state index contributed by atoms with van der Waals surface area (Å²) in [4.78, 5) is 11.7. The van der Waals surface area contributed by atoms with E-state index in [-0.39, 0.29) is 5.82 Å². The molecule has 2 aromatic rings. The van der Waals surface area contributed by atoms with Gasteiger partial charge in [-0.15, -0.1) is 0 Å². The van der Waals surface area contributed by atoms with Gasteiger partial charge in [-0.3, -0.25) is 0 Å². The van der Waals surface area contributed by atoms with Gasteiger partial charge in [0.05, 0.1) is 7.11 Å². The molecule has 2 amide bonds. The minimum Gasteiger partial charge on any atom is -0.497 e. The maximum Gasteiger partial charge on any atom is 0.323 e. The Morgan fingerprint density at radius 3 is 2.76 bits per heavy atom. The van der Waals surface area contributed by atoms with Gasteiger partial charge in [0.1, 0.15) is 11.6 Å². The number of carbonyl (C=O) groups excluding carboxylic acids is 1. The van der Waals surface area contributed by atoms with Crippen LogP contribution in [0.4, 0.5) is 14.9 Å². The third-order valence-electron chi connectivity index (χ3n) is 2.67. The van der Waals surface area contributed by atoms with Crippen molar-refractivity contribution in [3.63, 3.8) is 0 Å². The molecule has 2 rings (SSSR count). The van der Waals surface area contributed by atoms with Crippen molar-refractivity contribution in [2.24, 2.45) is 0 Å². The molecule has 5 heteroatoms. The summed E-state index contributed by atoms with van der Waals surface area (Å²) in [5, 5.41) is 5.20. The molecule has 2 N–H and O–H groups in total. The highest BCUT2D eigenvalue weighted by Crippen LogP contribution is 2.16. The molecular formula is C16H15FN2O2. The smallest absolute Gasteiger partial charge is 0.323 e. The van der Waals surface area contributed by atoms with Crippen LogP contribution in [-0.2, 0) is 0 Å². The van der Waals surface area contributed by atoms with Crippen LogP contribution in [0.5, 0.6) is 5.75 Å². The van der Waals surface area contributed by atoms with E-state index in [2.05, 4.69) is 10.6 Å². The average molecular weight is 286 g/mol. The molecular weight excluding hydrogens is 271 g/mol. The molecule has 4 nitrogen and oxygen atoms in total. The fourth-order valence-electron chi connectivity index (χ4n) is 1.69. The Kier molecular flexibility index (Phi) is 4.93. The predicted molar refractivity (Wildman–Crippen MR) is 80.6 cm³/mol. The maximum absolute atomic E-state index is 13.0. The van der Waals surface area contributed by atoms with Crippen LogP contribution in [0.2, 0.25) is 0 Å². The lowest BCUT2D eigenvalue weighted by Gasteiger charge is -2.06. The lowest BCUT2D eigenvalue weighted by Crippen LogP contribution is -2.23. The van der Waals surface area contributed by atoms with Gasteiger partial charge in [0.2, 0.25) is 0 Å². The Bertz CT molecular complexity index is 656. The molecule has 0 fully saturated rings. The zero-order chi connectivity index (χ0) is 15.1. The number of halogens is 1. The highest BCUT2D eigenvalue weighted by molar-refractivity contribution is 5.90. The quantitative estimate of drug-likeness (QED) is 0.901. The number of benzene rings is 2. The van der Waals surface area contributed by atoms with E-state index in [1.165, 1.54) is 18.3 Å². The van der Waals surface area contributed by atoms with Crippen LogP contribution in [0.25, 0.3) is 6.08 Å². The second-order valence-corrected chi connectivity index (χ2v) is 4.22. The van der Waals surface area contributed by atoms with Crippen molar-refractivity contribution in [3.8, 4) is 5.75 Å². The molecule has 21 heavy (non-hydrogen) atoms. The van der Waals surface area contributed by atoms with Crippen LogP contribution in [0, 0.1) is 5.82 Å². The van der Waals surface area contributed by atoms with Gasteiger partial charge >= 0.3 is 6.03 Å². The third-order valence-corrected chi connectivity index (χ3v) is 2.67. The number of methoxy groups -OCH3 is 1. The van der Waals surface area contributed by atoms with E-state index >= 15 is 0 Å². The molecule has 0 atom stereocenters. The first kappa shape index (κ1) is 14.6. The topological polar surface area (TPSA) is 50.4 Å². The van der Waals surface area contributed by atoms with E-state index in [1.807, 2.05) is 0 Å². The standard InChI is InChI=1S/C16H15FN2O2/c1-21-15-7-3-6-14(11-15)19-16(20)18-9-8-12-4-2-5-13(17)10-12/h2-11H,1H3,(H2,18,19,20)/b9-8+. The van der Waals surface area contributed by atoms with Gasteiger partial charge in [0, 0.05) is 18.0 Å². The molecule has 0 unspecified atom stereocenters. The number of hydrogen-bond donors (Lipinski definition) is 2. The summed E-state index contributed by atoms with van der Waals surface area (Å²) in [6, 6.07) is 12.7. The maximum atomic E-state index is 13.0. The normalized spacial score (nSPS) is 10.4. The van der Waals surface area contributed by atoms with E-state index in [1.54, 1.807) is 49.6 Å². The Labute approximate surface area is 122 Å². The Balaban J connectivity index is 1.90. The molecule has 0 aliphatic heterocycles. The predicted octanol–water partition coefficient (Wildman–Crippen LogP) is 3.63. The minimum absolute atomic E-state index is 0.321. The summed E-state index contributed by atoms with van der Waals surface area (Å²) in [5.41, 5.74) is 1.28. The molecule has 0 saturated heterocycles. The van der Waals surface area contributed by atoms with Crippen molar-refractivity contribution in [2.45, 2.75) is 0 Å². The highest BCUT2D eigenvalue weighted by atomic mass is 19.1. The van der Waals surface area contributed by atoms with E-state index in [0.29, 0.717) is 17.0 Å². The summed E-state index contributed by atoms with van der Waals surface area (Å²) < 4.78 is 18.0. The van der Waals surface area contributed by atoms with Crippen LogP contribution < -0.4 is 15.4 Å². The van der Waals surface area contributed by atoms with Gasteiger partial charge in [-0.25, -0.2) is 9.18 Å². The van der Waals surface area contributed by atoms with E-state index in [4.69, 9.17) is 4.74 Å². The van der Waals surface area contributed by atoms with Gasteiger partial charge < -0.3 is 15.4 Å². The van der Waals surface area contributed by atoms with Crippen molar-refractivity contribution in [1.29, 1.82) is 0 Å². The van der Waals surface area contributed by atoms with E-state index in [0.717, 1.165) is 0 Å². The number of nitrogens with one attached hydrogen (secondary N) is 2. The fourth-order valence-corrected chi connectivity index (χ4v) is 1.69. The molecule has 0 saturated carbocycles. The lowest BCUT2D eigenvalue weighted by atomic mass is 10.2. The number of ether oxygens (including phenoxy) is 1. The van der Waals surface area contributed by atoms with Crippen LogP contribution >= 0.6 is 0 Å². The van der Waals surface area contributed by atoms with Crippen molar-refractivity contribution in [3.05, 3.63) is 66.1 Å². The SMILES string of the molecule is COc1cccc(NC(=O)N/C=C/c2cccc(F)c2)c1. The lowest BCUT2D eigenvalue weighted by molar-refractivity contribution is 0.255. The Hall–Kier alpha value is -2.82. The largest absolute Gasteiger partial charge is 0.497 e. The molecule has 0 heterocycles. The highest BCUT2D eigenvalue weighted by Gasteiger charge is 2.00. The van der Waals surface area contributed by atoms with Crippen molar-refractivity contribution >= 4 is 17.8 Å². The summed E-state index contributed by atoms with van der Waals surface area (Å²) in [7, 11) is 1.56. The van der Waals surface area contributed by atoms with Crippen molar-refractivity contribution in [2.75, 3.05) is 12.4 Å². The van der Waals surface area contributed by atoms with E-state index in [9.17, 15) is 9.18 Å². The molecule has 0 aromatic heterocycles. The monoisotopic (exact) mass is 286 g/mol. The zero-order valence-electron chi connectivity index (χ0n) is 11.5. The third kappa shape index (κ3) is 4.65. The number of anilines is 1. The summed E-state index contributed by atoms with van der Waals surface area (Å²) in [6.07, 6.45) is 3.05. The van der Waals surface area contributed by atoms with Crippen LogP contribution in [-0.4, -0.2) is 13.1 Å². The minimum atomic E-state index is -0.393. The average Bonchev–Trinajstić information content (AvgIpc) is 2.47.